The summed E-state index contributed by atoms with van der Waals surface area (Å²) >= 11 is 0. The van der Waals surface area contributed by atoms with Gasteiger partial charge in [-0.25, -0.2) is 4.39 Å². The van der Waals surface area contributed by atoms with Gasteiger partial charge in [0.15, 0.2) is 0 Å². The number of anilines is 1. The molecule has 130 valence electrons. The Kier molecular flexibility index (Phi) is 4.81. The van der Waals surface area contributed by atoms with E-state index in [1.54, 1.807) is 24.3 Å². The second kappa shape index (κ2) is 7.03. The Bertz CT molecular complexity index is 758. The van der Waals surface area contributed by atoms with Crippen LogP contribution in [0, 0.1) is 11.2 Å². The van der Waals surface area contributed by atoms with Crippen LogP contribution in [0.3, 0.4) is 0 Å². The number of carbonyl (C=O) groups excluding carboxylic acids is 2. The van der Waals surface area contributed by atoms with Gasteiger partial charge in [-0.15, -0.1) is 0 Å². The average molecular weight is 342 g/mol. The minimum absolute atomic E-state index is 0.0361. The number of nitrogens with one attached hydrogen (secondary N) is 2. The van der Waals surface area contributed by atoms with Gasteiger partial charge in [-0.3, -0.25) is 9.59 Å². The second-order valence-corrected chi connectivity index (χ2v) is 6.18. The van der Waals surface area contributed by atoms with Gasteiger partial charge in [-0.05, 0) is 42.7 Å². The van der Waals surface area contributed by atoms with E-state index in [2.05, 4.69) is 10.6 Å². The van der Waals surface area contributed by atoms with E-state index >= 15 is 0 Å². The minimum Gasteiger partial charge on any atom is -0.387 e. The number of halogens is 1. The van der Waals surface area contributed by atoms with Gasteiger partial charge in [-0.1, -0.05) is 30.3 Å². The molecule has 0 spiro atoms. The van der Waals surface area contributed by atoms with Gasteiger partial charge in [0.05, 0.1) is 6.10 Å². The molecule has 0 heterocycles. The molecule has 3 N–H and O–H groups in total. The Morgan fingerprint density at radius 3 is 2.28 bits per heavy atom. The Balaban J connectivity index is 1.57. The molecule has 1 atom stereocenters. The van der Waals surface area contributed by atoms with E-state index in [4.69, 9.17) is 0 Å². The minimum atomic E-state index is -1.11. The smallest absolute Gasteiger partial charge is 0.240 e. The summed E-state index contributed by atoms with van der Waals surface area (Å²) in [4.78, 5) is 24.8. The third kappa shape index (κ3) is 3.85. The zero-order chi connectivity index (χ0) is 17.9. The molecule has 3 rings (SSSR count). The third-order valence-corrected chi connectivity index (χ3v) is 4.36. The quantitative estimate of drug-likeness (QED) is 0.706. The second-order valence-electron chi connectivity index (χ2n) is 6.18. The number of aliphatic hydroxyl groups excluding tert-OH is 1. The predicted molar refractivity (Wildman–Crippen MR) is 91.1 cm³/mol. The van der Waals surface area contributed by atoms with Crippen LogP contribution in [0.4, 0.5) is 10.1 Å². The van der Waals surface area contributed by atoms with Crippen molar-refractivity contribution in [2.75, 3.05) is 11.9 Å². The van der Waals surface area contributed by atoms with Gasteiger partial charge in [0.2, 0.25) is 11.8 Å². The number of hydrogen-bond acceptors (Lipinski definition) is 3. The van der Waals surface area contributed by atoms with Gasteiger partial charge in [0, 0.05) is 12.2 Å². The van der Waals surface area contributed by atoms with Crippen molar-refractivity contribution in [2.24, 2.45) is 5.41 Å². The maximum atomic E-state index is 12.9. The molecule has 1 aliphatic carbocycles. The van der Waals surface area contributed by atoms with E-state index in [1.807, 2.05) is 6.07 Å². The van der Waals surface area contributed by atoms with Crippen LogP contribution in [0.2, 0.25) is 0 Å². The number of aliphatic hydroxyl groups is 1. The fraction of sp³-hybridized carbons (Fsp3) is 0.263. The molecule has 0 aromatic heterocycles. The highest BCUT2D eigenvalue weighted by Gasteiger charge is 2.56. The highest BCUT2D eigenvalue weighted by molar-refractivity contribution is 6.13. The predicted octanol–water partition coefficient (Wildman–Crippen LogP) is 2.39. The Morgan fingerprint density at radius 2 is 1.68 bits per heavy atom. The number of rotatable bonds is 6. The molecule has 5 nitrogen and oxygen atoms in total. The molecule has 2 aromatic carbocycles. The van der Waals surface area contributed by atoms with Crippen molar-refractivity contribution in [3.63, 3.8) is 0 Å². The first kappa shape index (κ1) is 17.1. The van der Waals surface area contributed by atoms with Crippen molar-refractivity contribution in [1.29, 1.82) is 0 Å². The lowest BCUT2D eigenvalue weighted by Gasteiger charge is -2.17. The van der Waals surface area contributed by atoms with Crippen molar-refractivity contribution in [1.82, 2.24) is 5.32 Å². The van der Waals surface area contributed by atoms with Crippen LogP contribution >= 0.6 is 0 Å². The summed E-state index contributed by atoms with van der Waals surface area (Å²) in [6, 6.07) is 14.4. The van der Waals surface area contributed by atoms with E-state index < -0.39 is 29.2 Å². The maximum absolute atomic E-state index is 12.9. The first-order valence-electron chi connectivity index (χ1n) is 8.10. The van der Waals surface area contributed by atoms with Gasteiger partial charge >= 0.3 is 0 Å². The summed E-state index contributed by atoms with van der Waals surface area (Å²) in [6.07, 6.45) is 0.0711. The largest absolute Gasteiger partial charge is 0.387 e. The van der Waals surface area contributed by atoms with Gasteiger partial charge in [0.25, 0.3) is 0 Å². The van der Waals surface area contributed by atoms with Crippen molar-refractivity contribution < 1.29 is 19.1 Å². The van der Waals surface area contributed by atoms with Crippen LogP contribution in [0.1, 0.15) is 24.5 Å². The summed E-state index contributed by atoms with van der Waals surface area (Å²) < 4.78 is 12.9. The van der Waals surface area contributed by atoms with Gasteiger partial charge < -0.3 is 15.7 Å². The number of benzene rings is 2. The highest BCUT2D eigenvalue weighted by atomic mass is 19.1. The van der Waals surface area contributed by atoms with Crippen LogP contribution in [-0.2, 0) is 9.59 Å². The van der Waals surface area contributed by atoms with E-state index in [0.717, 1.165) is 0 Å². The Labute approximate surface area is 144 Å². The van der Waals surface area contributed by atoms with Gasteiger partial charge in [-0.2, -0.15) is 0 Å². The molecule has 0 radical (unpaired) electrons. The number of amides is 2. The lowest BCUT2D eigenvalue weighted by atomic mass is 10.0. The summed E-state index contributed by atoms with van der Waals surface area (Å²) in [6.45, 7) is 0.0361. The van der Waals surface area contributed by atoms with E-state index in [1.165, 1.54) is 24.3 Å². The van der Waals surface area contributed by atoms with Crippen molar-refractivity contribution in [3.05, 3.63) is 66.0 Å². The highest BCUT2D eigenvalue weighted by Crippen LogP contribution is 2.46. The number of hydrogen-bond donors (Lipinski definition) is 3. The summed E-state index contributed by atoms with van der Waals surface area (Å²) in [7, 11) is 0. The molecule has 2 amide bonds. The SMILES string of the molecule is O=C(NC[C@H](O)c1ccccc1)C1(C(=O)Nc2ccc(F)cc2)CC1. The molecular formula is C19H19FN2O3. The lowest BCUT2D eigenvalue weighted by molar-refractivity contribution is -0.134. The fourth-order valence-electron chi connectivity index (χ4n) is 2.62. The fourth-order valence-corrected chi connectivity index (χ4v) is 2.62. The van der Waals surface area contributed by atoms with Crippen molar-refractivity contribution in [3.8, 4) is 0 Å². The molecule has 0 unspecified atom stereocenters. The molecule has 6 heteroatoms. The third-order valence-electron chi connectivity index (χ3n) is 4.36. The van der Waals surface area contributed by atoms with Gasteiger partial charge in [0.1, 0.15) is 11.2 Å². The van der Waals surface area contributed by atoms with Crippen molar-refractivity contribution in [2.45, 2.75) is 18.9 Å². The molecule has 1 fully saturated rings. The zero-order valence-corrected chi connectivity index (χ0v) is 13.5. The molecular weight excluding hydrogens is 323 g/mol. The summed E-state index contributed by atoms with van der Waals surface area (Å²) in [5.41, 5.74) is 0.0309. The molecule has 1 saturated carbocycles. The number of carbonyl (C=O) groups is 2. The Hall–Kier alpha value is -2.73. The molecule has 2 aromatic rings. The van der Waals surface area contributed by atoms with E-state index in [0.29, 0.717) is 24.1 Å². The first-order chi connectivity index (χ1) is 12.0. The monoisotopic (exact) mass is 342 g/mol. The van der Waals surface area contributed by atoms with Crippen LogP contribution in [0.15, 0.2) is 54.6 Å². The molecule has 25 heavy (non-hydrogen) atoms. The van der Waals surface area contributed by atoms with E-state index in [9.17, 15) is 19.1 Å². The summed E-state index contributed by atoms with van der Waals surface area (Å²) in [5, 5.41) is 15.4. The van der Waals surface area contributed by atoms with Crippen LogP contribution in [-0.4, -0.2) is 23.5 Å². The zero-order valence-electron chi connectivity index (χ0n) is 13.5. The standard InChI is InChI=1S/C19H19FN2O3/c20-14-6-8-15(9-7-14)22-18(25)19(10-11-19)17(24)21-12-16(23)13-4-2-1-3-5-13/h1-9,16,23H,10-12H2,(H,21,24)(H,22,25)/t16-/m0/s1. The molecule has 0 aliphatic heterocycles. The van der Waals surface area contributed by atoms with Crippen LogP contribution < -0.4 is 10.6 Å². The van der Waals surface area contributed by atoms with Crippen LogP contribution in [0.25, 0.3) is 0 Å². The van der Waals surface area contributed by atoms with E-state index in [-0.39, 0.29) is 6.54 Å². The molecule has 0 saturated heterocycles. The normalized spacial score (nSPS) is 15.9. The topological polar surface area (TPSA) is 78.4 Å². The maximum Gasteiger partial charge on any atom is 0.240 e. The van der Waals surface area contributed by atoms with Crippen LogP contribution in [0.5, 0.6) is 0 Å². The Morgan fingerprint density at radius 1 is 1.04 bits per heavy atom. The lowest BCUT2D eigenvalue weighted by Crippen LogP contribution is -2.41. The molecule has 1 aliphatic rings. The molecule has 0 bridgehead atoms. The summed E-state index contributed by atoms with van der Waals surface area (Å²) in [5.74, 6) is -1.21. The first-order valence-corrected chi connectivity index (χ1v) is 8.10. The average Bonchev–Trinajstić information content (AvgIpc) is 3.44. The van der Waals surface area contributed by atoms with Crippen molar-refractivity contribution >= 4 is 17.5 Å².